The monoisotopic (exact) mass is 481 g/mol. The second-order valence-electron chi connectivity index (χ2n) is 8.63. The third kappa shape index (κ3) is 4.19. The molecule has 7 heteroatoms. The van der Waals surface area contributed by atoms with Crippen molar-refractivity contribution in [3.05, 3.63) is 84.4 Å². The lowest BCUT2D eigenvalue weighted by Gasteiger charge is -2.48. The average Bonchev–Trinajstić information content (AvgIpc) is 2.90. The minimum Gasteiger partial charge on any atom is -0.497 e. The zero-order valence-corrected chi connectivity index (χ0v) is 20.8. The number of methoxy groups -OCH3 is 2. The van der Waals surface area contributed by atoms with Crippen LogP contribution in [0.15, 0.2) is 83.8 Å². The van der Waals surface area contributed by atoms with Gasteiger partial charge in [-0.2, -0.15) is 12.3 Å². The molecule has 2 unspecified atom stereocenters. The molecule has 180 valence electrons. The van der Waals surface area contributed by atoms with E-state index in [1.165, 1.54) is 0 Å². The van der Waals surface area contributed by atoms with E-state index in [0.717, 1.165) is 31.5 Å². The SMILES string of the molecule is COc1ccc(S(=O)(=O)[N+](c2cccc(OC)c2)(C2CCNCC2)C(C)c2ccccc2)cc1. The third-order valence-corrected chi connectivity index (χ3v) is 9.41. The van der Waals surface area contributed by atoms with Gasteiger partial charge >= 0.3 is 10.0 Å². The Kier molecular flexibility index (Phi) is 7.26. The summed E-state index contributed by atoms with van der Waals surface area (Å²) in [4.78, 5) is 0.275. The highest BCUT2D eigenvalue weighted by Gasteiger charge is 2.55. The van der Waals surface area contributed by atoms with Crippen molar-refractivity contribution < 1.29 is 17.9 Å². The van der Waals surface area contributed by atoms with Crippen LogP contribution in [-0.4, -0.2) is 41.8 Å². The molecule has 3 aromatic carbocycles. The van der Waals surface area contributed by atoms with Crippen LogP contribution < -0.4 is 18.7 Å². The fourth-order valence-corrected chi connectivity index (χ4v) is 7.55. The maximum Gasteiger partial charge on any atom is 0.332 e. The first-order valence-corrected chi connectivity index (χ1v) is 13.1. The fourth-order valence-electron chi connectivity index (χ4n) is 5.19. The van der Waals surface area contributed by atoms with Crippen LogP contribution in [-0.2, 0) is 10.0 Å². The molecule has 1 heterocycles. The van der Waals surface area contributed by atoms with Crippen LogP contribution in [0.3, 0.4) is 0 Å². The molecule has 2 atom stereocenters. The zero-order chi connectivity index (χ0) is 24.2. The van der Waals surface area contributed by atoms with Gasteiger partial charge in [-0.25, -0.2) is 0 Å². The molecule has 6 nitrogen and oxygen atoms in total. The van der Waals surface area contributed by atoms with E-state index in [4.69, 9.17) is 9.47 Å². The van der Waals surface area contributed by atoms with Crippen molar-refractivity contribution in [3.8, 4) is 11.5 Å². The van der Waals surface area contributed by atoms with E-state index in [-0.39, 0.29) is 20.9 Å². The summed E-state index contributed by atoms with van der Waals surface area (Å²) in [5.74, 6) is 1.26. The van der Waals surface area contributed by atoms with Crippen molar-refractivity contribution in [2.45, 2.75) is 36.7 Å². The highest BCUT2D eigenvalue weighted by atomic mass is 32.2. The van der Waals surface area contributed by atoms with Gasteiger partial charge in [0.05, 0.1) is 14.2 Å². The maximum absolute atomic E-state index is 14.8. The van der Waals surface area contributed by atoms with Gasteiger partial charge in [-0.3, -0.25) is 0 Å². The van der Waals surface area contributed by atoms with E-state index in [1.54, 1.807) is 38.5 Å². The van der Waals surface area contributed by atoms with E-state index in [2.05, 4.69) is 5.32 Å². The summed E-state index contributed by atoms with van der Waals surface area (Å²) >= 11 is 0. The molecule has 1 saturated heterocycles. The first-order valence-electron chi connectivity index (χ1n) is 11.6. The fraction of sp³-hybridized carbons (Fsp3) is 0.333. The topological polar surface area (TPSA) is 64.6 Å². The predicted molar refractivity (Wildman–Crippen MR) is 136 cm³/mol. The van der Waals surface area contributed by atoms with Gasteiger partial charge in [0.15, 0.2) is 5.69 Å². The standard InChI is InChI=1S/C27H33N2O4S/c1-21(22-8-5-4-6-9-22)29(23-16-18-28-19-17-23,24-10-7-11-26(20-24)33-3)34(30,31)27-14-12-25(32-2)13-15-27/h4-15,20-21,23,28H,16-19H2,1-3H3/q+1. The summed E-state index contributed by atoms with van der Waals surface area (Å²) in [6.07, 6.45) is 1.48. The van der Waals surface area contributed by atoms with Gasteiger partial charge in [-0.15, -0.1) is 0 Å². The van der Waals surface area contributed by atoms with E-state index in [1.807, 2.05) is 61.5 Å². The maximum atomic E-state index is 14.8. The molecule has 4 rings (SSSR count). The van der Waals surface area contributed by atoms with Crippen molar-refractivity contribution in [3.63, 3.8) is 0 Å². The third-order valence-electron chi connectivity index (χ3n) is 6.92. The molecule has 1 N–H and O–H groups in total. The Morgan fingerprint density at radius 3 is 2.12 bits per heavy atom. The minimum atomic E-state index is -3.91. The molecule has 0 aromatic heterocycles. The quantitative estimate of drug-likeness (QED) is 0.463. The van der Waals surface area contributed by atoms with Gasteiger partial charge in [-0.05, 0) is 37.3 Å². The normalized spacial score (nSPS) is 17.5. The van der Waals surface area contributed by atoms with Crippen molar-refractivity contribution in [1.29, 1.82) is 0 Å². The zero-order valence-electron chi connectivity index (χ0n) is 20.0. The number of ether oxygens (including phenoxy) is 2. The number of nitrogens with one attached hydrogen (secondary N) is 1. The molecule has 34 heavy (non-hydrogen) atoms. The molecule has 3 aromatic rings. The van der Waals surface area contributed by atoms with E-state index >= 15 is 0 Å². The number of quaternary nitrogens is 1. The molecule has 1 aliphatic rings. The molecule has 0 bridgehead atoms. The molecule has 0 saturated carbocycles. The van der Waals surface area contributed by atoms with Gasteiger partial charge < -0.3 is 14.8 Å². The smallest absolute Gasteiger partial charge is 0.332 e. The second kappa shape index (κ2) is 10.2. The van der Waals surface area contributed by atoms with Crippen LogP contribution in [0, 0.1) is 0 Å². The molecule has 1 fully saturated rings. The van der Waals surface area contributed by atoms with Crippen molar-refractivity contribution in [2.24, 2.45) is 0 Å². The number of hydrogen-bond acceptors (Lipinski definition) is 5. The number of piperidine rings is 1. The van der Waals surface area contributed by atoms with Crippen LogP contribution in [0.5, 0.6) is 11.5 Å². The lowest BCUT2D eigenvalue weighted by Crippen LogP contribution is -2.63. The number of nitrogens with zero attached hydrogens (tertiary/aromatic N) is 1. The van der Waals surface area contributed by atoms with Crippen LogP contribution >= 0.6 is 0 Å². The lowest BCUT2D eigenvalue weighted by atomic mass is 9.98. The van der Waals surface area contributed by atoms with Crippen molar-refractivity contribution >= 4 is 15.7 Å². The minimum absolute atomic E-state index is 0.143. The van der Waals surface area contributed by atoms with Crippen molar-refractivity contribution in [1.82, 2.24) is 9.21 Å². The van der Waals surface area contributed by atoms with Crippen LogP contribution in [0.25, 0.3) is 0 Å². The molecule has 0 amide bonds. The van der Waals surface area contributed by atoms with Crippen molar-refractivity contribution in [2.75, 3.05) is 27.3 Å². The Balaban J connectivity index is 2.04. The second-order valence-corrected chi connectivity index (χ2v) is 10.7. The van der Waals surface area contributed by atoms with Crippen LogP contribution in [0.4, 0.5) is 5.69 Å². The number of benzene rings is 3. The predicted octanol–water partition coefficient (Wildman–Crippen LogP) is 4.91. The number of hydrogen-bond donors (Lipinski definition) is 1. The highest BCUT2D eigenvalue weighted by Crippen LogP contribution is 2.47. The van der Waals surface area contributed by atoms with Gasteiger partial charge in [0.1, 0.15) is 28.5 Å². The largest absolute Gasteiger partial charge is 0.497 e. The number of sulfonamides is 1. The van der Waals surface area contributed by atoms with Gasteiger partial charge in [-0.1, -0.05) is 36.4 Å². The first kappa shape index (κ1) is 24.3. The lowest BCUT2D eigenvalue weighted by molar-refractivity contribution is 0.219. The Hall–Kier alpha value is -2.87. The Morgan fingerprint density at radius 2 is 1.50 bits per heavy atom. The Labute approximate surface area is 202 Å². The van der Waals surface area contributed by atoms with E-state index in [0.29, 0.717) is 17.2 Å². The first-order chi connectivity index (χ1) is 16.4. The summed E-state index contributed by atoms with van der Waals surface area (Å²) in [5, 5.41) is 3.40. The molecular weight excluding hydrogens is 448 g/mol. The van der Waals surface area contributed by atoms with Gasteiger partial charge in [0, 0.05) is 43.6 Å². The summed E-state index contributed by atoms with van der Waals surface area (Å²) in [6, 6.07) is 23.7. The molecule has 0 radical (unpaired) electrons. The summed E-state index contributed by atoms with van der Waals surface area (Å²) in [6.45, 7) is 3.57. The van der Waals surface area contributed by atoms with Gasteiger partial charge in [0.2, 0.25) is 0 Å². The summed E-state index contributed by atoms with van der Waals surface area (Å²) < 4.78 is 40.3. The number of rotatable bonds is 8. The Bertz CT molecular complexity index is 1190. The summed E-state index contributed by atoms with van der Waals surface area (Å²) in [5.41, 5.74) is 1.68. The molecule has 0 aliphatic carbocycles. The van der Waals surface area contributed by atoms with E-state index < -0.39 is 10.0 Å². The van der Waals surface area contributed by atoms with Crippen LogP contribution in [0.1, 0.15) is 31.4 Å². The van der Waals surface area contributed by atoms with Gasteiger partial charge in [0.25, 0.3) is 0 Å². The van der Waals surface area contributed by atoms with Crippen LogP contribution in [0.2, 0.25) is 0 Å². The van der Waals surface area contributed by atoms with E-state index in [9.17, 15) is 8.42 Å². The average molecular weight is 482 g/mol. The molecule has 0 spiro atoms. The highest BCUT2D eigenvalue weighted by molar-refractivity contribution is 7.91. The summed E-state index contributed by atoms with van der Waals surface area (Å²) in [7, 11) is -0.730. The molecule has 1 aliphatic heterocycles. The molecular formula is C27H33N2O4S+. The Morgan fingerprint density at radius 1 is 0.853 bits per heavy atom.